The molecule has 1 aliphatic carbocycles. The Morgan fingerprint density at radius 2 is 1.33 bits per heavy atom. The Kier molecular flexibility index (Phi) is 5.47. The van der Waals surface area contributed by atoms with E-state index < -0.39 is 0 Å². The lowest BCUT2D eigenvalue weighted by atomic mass is 9.83. The second-order valence-corrected chi connectivity index (χ2v) is 6.62. The highest BCUT2D eigenvalue weighted by Gasteiger charge is 2.22. The molecule has 4 N–H and O–H groups in total. The normalized spacial score (nSPS) is 20.5. The number of hydrogen-bond acceptors (Lipinski definition) is 4. The van der Waals surface area contributed by atoms with Crippen molar-refractivity contribution in [1.82, 2.24) is 0 Å². The van der Waals surface area contributed by atoms with Gasteiger partial charge in [-0.3, -0.25) is 0 Å². The fraction of sp³-hybridized carbons (Fsp3) is 0.400. The average molecular weight is 326 g/mol. The maximum Gasteiger partial charge on any atom is 0.142 e. The van der Waals surface area contributed by atoms with E-state index in [1.54, 1.807) is 0 Å². The van der Waals surface area contributed by atoms with Gasteiger partial charge in [0.2, 0.25) is 0 Å². The number of hydrogen-bond donors (Lipinski definition) is 2. The zero-order valence-electron chi connectivity index (χ0n) is 14.0. The zero-order chi connectivity index (χ0) is 16.8. The van der Waals surface area contributed by atoms with E-state index in [1.165, 1.54) is 25.7 Å². The summed E-state index contributed by atoms with van der Waals surface area (Å²) in [6.45, 7) is 1.53. The molecule has 0 aromatic heterocycles. The number of nitrogens with two attached hydrogens (primary N) is 2. The number of anilines is 2. The maximum atomic E-state index is 5.91. The summed E-state index contributed by atoms with van der Waals surface area (Å²) in [5.41, 5.74) is 13.1. The summed E-state index contributed by atoms with van der Waals surface area (Å²) < 4.78 is 11.8. The molecule has 0 atom stereocenters. The number of ether oxygens (including phenoxy) is 2. The molecule has 0 radical (unpaired) electrons. The van der Waals surface area contributed by atoms with Crippen molar-refractivity contribution in [3.8, 4) is 11.5 Å². The lowest BCUT2D eigenvalue weighted by Crippen LogP contribution is -2.23. The van der Waals surface area contributed by atoms with Crippen LogP contribution >= 0.6 is 0 Å². The minimum Gasteiger partial charge on any atom is -0.493 e. The van der Waals surface area contributed by atoms with Crippen molar-refractivity contribution in [3.05, 3.63) is 48.5 Å². The molecule has 1 aliphatic rings. The van der Waals surface area contributed by atoms with Crippen LogP contribution in [-0.4, -0.2) is 13.2 Å². The topological polar surface area (TPSA) is 70.5 Å². The van der Waals surface area contributed by atoms with Gasteiger partial charge in [0.1, 0.15) is 11.5 Å². The minimum atomic E-state index is 0.609. The molecular formula is C20H26N2O2. The van der Waals surface area contributed by atoms with Crippen molar-refractivity contribution in [1.29, 1.82) is 0 Å². The molecule has 0 saturated heterocycles. The van der Waals surface area contributed by atoms with Crippen molar-refractivity contribution < 1.29 is 9.47 Å². The van der Waals surface area contributed by atoms with Crippen molar-refractivity contribution in [2.75, 3.05) is 24.7 Å². The predicted molar refractivity (Wildman–Crippen MR) is 98.1 cm³/mol. The van der Waals surface area contributed by atoms with Crippen molar-refractivity contribution in [3.63, 3.8) is 0 Å². The van der Waals surface area contributed by atoms with Gasteiger partial charge in [0.05, 0.1) is 18.9 Å². The van der Waals surface area contributed by atoms with E-state index in [9.17, 15) is 0 Å². The molecule has 4 nitrogen and oxygen atoms in total. The van der Waals surface area contributed by atoms with E-state index in [1.807, 2.05) is 48.5 Å². The summed E-state index contributed by atoms with van der Waals surface area (Å²) in [7, 11) is 0. The highest BCUT2D eigenvalue weighted by molar-refractivity contribution is 5.51. The Morgan fingerprint density at radius 1 is 0.750 bits per heavy atom. The van der Waals surface area contributed by atoms with Crippen LogP contribution < -0.4 is 20.9 Å². The molecule has 4 heteroatoms. The summed E-state index contributed by atoms with van der Waals surface area (Å²) in [4.78, 5) is 0. The number of rotatable bonds is 6. The summed E-state index contributed by atoms with van der Waals surface area (Å²) in [6, 6.07) is 15.3. The van der Waals surface area contributed by atoms with Gasteiger partial charge >= 0.3 is 0 Å². The van der Waals surface area contributed by atoms with E-state index in [-0.39, 0.29) is 0 Å². The maximum absolute atomic E-state index is 5.91. The SMILES string of the molecule is Nc1ccc(OCC2CCC(COc3ccccc3N)CC2)cc1. The largest absolute Gasteiger partial charge is 0.493 e. The van der Waals surface area contributed by atoms with Crippen molar-refractivity contribution >= 4 is 11.4 Å². The van der Waals surface area contributed by atoms with E-state index in [2.05, 4.69) is 0 Å². The van der Waals surface area contributed by atoms with Gasteiger partial charge in [-0.2, -0.15) is 0 Å². The van der Waals surface area contributed by atoms with Crippen LogP contribution in [0.2, 0.25) is 0 Å². The molecule has 2 aromatic carbocycles. The number of nitrogen functional groups attached to an aromatic ring is 2. The Morgan fingerprint density at radius 3 is 1.96 bits per heavy atom. The first-order chi connectivity index (χ1) is 11.7. The van der Waals surface area contributed by atoms with Crippen LogP contribution in [0.15, 0.2) is 48.5 Å². The number of para-hydroxylation sites is 2. The lowest BCUT2D eigenvalue weighted by Gasteiger charge is -2.28. The van der Waals surface area contributed by atoms with Gasteiger partial charge < -0.3 is 20.9 Å². The van der Waals surface area contributed by atoms with Crippen LogP contribution in [0.4, 0.5) is 11.4 Å². The standard InChI is InChI=1S/C20H26N2O2/c21-17-9-11-18(12-10-17)23-13-15-5-7-16(8-6-15)14-24-20-4-2-1-3-19(20)22/h1-4,9-12,15-16H,5-8,13-14,21-22H2. The molecule has 0 bridgehead atoms. The van der Waals surface area contributed by atoms with Gasteiger partial charge in [-0.05, 0) is 73.9 Å². The molecule has 24 heavy (non-hydrogen) atoms. The highest BCUT2D eigenvalue weighted by Crippen LogP contribution is 2.30. The van der Waals surface area contributed by atoms with Gasteiger partial charge in [0.15, 0.2) is 0 Å². The number of benzene rings is 2. The minimum absolute atomic E-state index is 0.609. The molecular weight excluding hydrogens is 300 g/mol. The molecule has 3 rings (SSSR count). The fourth-order valence-electron chi connectivity index (χ4n) is 3.16. The van der Waals surface area contributed by atoms with Gasteiger partial charge in [0, 0.05) is 5.69 Å². The summed E-state index contributed by atoms with van der Waals surface area (Å²) in [6.07, 6.45) is 4.74. The van der Waals surface area contributed by atoms with Gasteiger partial charge in [0.25, 0.3) is 0 Å². The zero-order valence-corrected chi connectivity index (χ0v) is 14.0. The first kappa shape index (κ1) is 16.5. The quantitative estimate of drug-likeness (QED) is 0.784. The molecule has 0 aliphatic heterocycles. The van der Waals surface area contributed by atoms with Crippen LogP contribution in [-0.2, 0) is 0 Å². The van der Waals surface area contributed by atoms with E-state index in [0.29, 0.717) is 17.5 Å². The van der Waals surface area contributed by atoms with Crippen LogP contribution in [0.25, 0.3) is 0 Å². The Balaban J connectivity index is 1.38. The van der Waals surface area contributed by atoms with Crippen molar-refractivity contribution in [2.24, 2.45) is 11.8 Å². The van der Waals surface area contributed by atoms with Gasteiger partial charge in [-0.1, -0.05) is 12.1 Å². The first-order valence-electron chi connectivity index (χ1n) is 8.66. The summed E-state index contributed by atoms with van der Waals surface area (Å²) in [5.74, 6) is 2.93. The van der Waals surface area contributed by atoms with E-state index in [0.717, 1.165) is 30.4 Å². The molecule has 1 saturated carbocycles. The Bertz CT molecular complexity index is 634. The predicted octanol–water partition coefficient (Wildman–Crippen LogP) is 4.12. The molecule has 0 amide bonds. The smallest absolute Gasteiger partial charge is 0.142 e. The molecule has 0 spiro atoms. The van der Waals surface area contributed by atoms with Crippen LogP contribution in [0, 0.1) is 11.8 Å². The summed E-state index contributed by atoms with van der Waals surface area (Å²) >= 11 is 0. The third-order valence-electron chi connectivity index (χ3n) is 4.73. The Hall–Kier alpha value is -2.36. The first-order valence-corrected chi connectivity index (χ1v) is 8.66. The average Bonchev–Trinajstić information content (AvgIpc) is 2.61. The molecule has 1 fully saturated rings. The van der Waals surface area contributed by atoms with Gasteiger partial charge in [-0.15, -0.1) is 0 Å². The van der Waals surface area contributed by atoms with Crippen LogP contribution in [0.1, 0.15) is 25.7 Å². The molecule has 0 heterocycles. The van der Waals surface area contributed by atoms with Gasteiger partial charge in [-0.25, -0.2) is 0 Å². The Labute approximate surface area is 143 Å². The lowest BCUT2D eigenvalue weighted by molar-refractivity contribution is 0.148. The molecule has 0 unspecified atom stereocenters. The fourth-order valence-corrected chi connectivity index (χ4v) is 3.16. The molecule has 128 valence electrons. The third kappa shape index (κ3) is 4.57. The monoisotopic (exact) mass is 326 g/mol. The van der Waals surface area contributed by atoms with Crippen LogP contribution in [0.3, 0.4) is 0 Å². The van der Waals surface area contributed by atoms with Crippen LogP contribution in [0.5, 0.6) is 11.5 Å². The second kappa shape index (κ2) is 7.95. The highest BCUT2D eigenvalue weighted by atomic mass is 16.5. The second-order valence-electron chi connectivity index (χ2n) is 6.62. The summed E-state index contributed by atoms with van der Waals surface area (Å²) in [5, 5.41) is 0. The van der Waals surface area contributed by atoms with E-state index >= 15 is 0 Å². The van der Waals surface area contributed by atoms with Crippen molar-refractivity contribution in [2.45, 2.75) is 25.7 Å². The molecule has 2 aromatic rings. The third-order valence-corrected chi connectivity index (χ3v) is 4.73. The van der Waals surface area contributed by atoms with E-state index in [4.69, 9.17) is 20.9 Å².